The first-order valence-electron chi connectivity index (χ1n) is 5.95. The predicted molar refractivity (Wildman–Crippen MR) is 76.6 cm³/mol. The number of amides is 1. The van der Waals surface area contributed by atoms with Crippen molar-refractivity contribution in [3.05, 3.63) is 0 Å². The van der Waals surface area contributed by atoms with Gasteiger partial charge in [0.1, 0.15) is 0 Å². The van der Waals surface area contributed by atoms with Crippen molar-refractivity contribution in [2.45, 2.75) is 25.8 Å². The standard InChI is InChI=1S/C11H23N4O2P/c1-9(16)15(7-6-13-2)10(11(17)18)4-3-5-14-8-12/h8,10,13H,3-7,18H2,1-2H3,(H2,12,14). The normalized spacial score (nSPS) is 12.6. The Labute approximate surface area is 111 Å². The van der Waals surface area contributed by atoms with E-state index in [-0.39, 0.29) is 11.4 Å². The van der Waals surface area contributed by atoms with Crippen molar-refractivity contribution in [2.24, 2.45) is 10.7 Å². The summed E-state index contributed by atoms with van der Waals surface area (Å²) in [5.41, 5.74) is 5.07. The SMILES string of the molecule is CNCCN(C(C)=O)C(CCCN=CN)C(=O)P. The van der Waals surface area contributed by atoms with Gasteiger partial charge in [-0.15, -0.1) is 0 Å². The summed E-state index contributed by atoms with van der Waals surface area (Å²) in [5, 5.41) is 2.97. The number of likely N-dealkylation sites (N-methyl/N-ethyl adjacent to an activating group) is 1. The molecule has 0 bridgehead atoms. The average molecular weight is 274 g/mol. The number of hydrogen-bond donors (Lipinski definition) is 2. The maximum Gasteiger partial charge on any atom is 0.220 e. The van der Waals surface area contributed by atoms with Crippen molar-refractivity contribution in [3.63, 3.8) is 0 Å². The maximum absolute atomic E-state index is 11.6. The van der Waals surface area contributed by atoms with E-state index in [2.05, 4.69) is 19.5 Å². The van der Waals surface area contributed by atoms with Gasteiger partial charge in [0.25, 0.3) is 0 Å². The summed E-state index contributed by atoms with van der Waals surface area (Å²) < 4.78 is 0. The van der Waals surface area contributed by atoms with Gasteiger partial charge in [-0.2, -0.15) is 0 Å². The van der Waals surface area contributed by atoms with E-state index >= 15 is 0 Å². The molecule has 0 spiro atoms. The van der Waals surface area contributed by atoms with Crippen LogP contribution in [0, 0.1) is 0 Å². The number of hydrogen-bond acceptors (Lipinski definition) is 4. The third-order valence-electron chi connectivity index (χ3n) is 2.58. The van der Waals surface area contributed by atoms with Gasteiger partial charge in [-0.05, 0) is 19.9 Å². The summed E-state index contributed by atoms with van der Waals surface area (Å²) in [6.45, 7) is 3.24. The molecule has 0 saturated heterocycles. The highest BCUT2D eigenvalue weighted by Gasteiger charge is 2.24. The molecule has 0 fully saturated rings. The van der Waals surface area contributed by atoms with E-state index in [4.69, 9.17) is 5.73 Å². The Morgan fingerprint density at radius 2 is 2.22 bits per heavy atom. The molecule has 0 aliphatic heterocycles. The Hall–Kier alpha value is -1.00. The fourth-order valence-electron chi connectivity index (χ4n) is 1.67. The molecule has 0 aromatic heterocycles. The van der Waals surface area contributed by atoms with Gasteiger partial charge in [0.2, 0.25) is 5.91 Å². The van der Waals surface area contributed by atoms with Gasteiger partial charge in [0.05, 0.1) is 12.4 Å². The Morgan fingerprint density at radius 3 is 2.67 bits per heavy atom. The molecule has 18 heavy (non-hydrogen) atoms. The van der Waals surface area contributed by atoms with Gasteiger partial charge in [0.15, 0.2) is 5.52 Å². The van der Waals surface area contributed by atoms with Crippen LogP contribution in [0.4, 0.5) is 0 Å². The number of nitrogens with zero attached hydrogens (tertiary/aromatic N) is 2. The number of nitrogens with two attached hydrogens (primary N) is 1. The molecule has 1 amide bonds. The van der Waals surface area contributed by atoms with Crippen LogP contribution in [0.15, 0.2) is 4.99 Å². The summed E-state index contributed by atoms with van der Waals surface area (Å²) in [6, 6.07) is -0.395. The van der Waals surface area contributed by atoms with Crippen molar-refractivity contribution in [3.8, 4) is 0 Å². The molecule has 2 atom stereocenters. The fraction of sp³-hybridized carbons (Fsp3) is 0.727. The van der Waals surface area contributed by atoms with Gasteiger partial charge < -0.3 is 16.0 Å². The van der Waals surface area contributed by atoms with E-state index in [1.54, 1.807) is 4.90 Å². The van der Waals surface area contributed by atoms with Gasteiger partial charge in [-0.3, -0.25) is 14.6 Å². The number of carbonyl (C=O) groups is 2. The number of nitrogens with one attached hydrogen (secondary N) is 1. The largest absolute Gasteiger partial charge is 0.390 e. The summed E-state index contributed by atoms with van der Waals surface area (Å²) >= 11 is 0. The molecule has 2 unspecified atom stereocenters. The minimum Gasteiger partial charge on any atom is -0.390 e. The topological polar surface area (TPSA) is 87.8 Å². The minimum absolute atomic E-state index is 0.0713. The van der Waals surface area contributed by atoms with E-state index in [0.717, 1.165) is 6.42 Å². The van der Waals surface area contributed by atoms with Gasteiger partial charge >= 0.3 is 0 Å². The molecular weight excluding hydrogens is 251 g/mol. The molecule has 0 aliphatic rings. The van der Waals surface area contributed by atoms with Crippen LogP contribution < -0.4 is 11.1 Å². The summed E-state index contributed by atoms with van der Waals surface area (Å²) in [6.07, 6.45) is 2.58. The van der Waals surface area contributed by atoms with E-state index in [1.807, 2.05) is 7.05 Å². The van der Waals surface area contributed by atoms with Gasteiger partial charge in [-0.25, -0.2) is 0 Å². The molecular formula is C11H23N4O2P. The second kappa shape index (κ2) is 9.97. The lowest BCUT2D eigenvalue weighted by Crippen LogP contribution is -2.45. The Bertz CT molecular complexity index is 297. The summed E-state index contributed by atoms with van der Waals surface area (Å²) in [5.74, 6) is -0.0895. The Balaban J connectivity index is 4.50. The first kappa shape index (κ1) is 17.0. The lowest BCUT2D eigenvalue weighted by atomic mass is 10.1. The molecule has 0 aromatic rings. The highest BCUT2D eigenvalue weighted by atomic mass is 31.0. The number of rotatable bonds is 9. The highest BCUT2D eigenvalue weighted by molar-refractivity contribution is 7.40. The van der Waals surface area contributed by atoms with Crippen molar-refractivity contribution < 1.29 is 9.59 Å². The summed E-state index contributed by atoms with van der Waals surface area (Å²) in [4.78, 5) is 28.7. The van der Waals surface area contributed by atoms with Crippen LogP contribution in [-0.4, -0.2) is 55.4 Å². The van der Waals surface area contributed by atoms with Crippen LogP contribution in [0.5, 0.6) is 0 Å². The van der Waals surface area contributed by atoms with E-state index in [0.29, 0.717) is 26.1 Å². The molecule has 6 nitrogen and oxygen atoms in total. The zero-order chi connectivity index (χ0) is 14.0. The Morgan fingerprint density at radius 1 is 1.56 bits per heavy atom. The lowest BCUT2D eigenvalue weighted by Gasteiger charge is -2.29. The van der Waals surface area contributed by atoms with E-state index in [9.17, 15) is 9.59 Å². The molecule has 3 N–H and O–H groups in total. The van der Waals surface area contributed by atoms with Crippen LogP contribution in [0.1, 0.15) is 19.8 Å². The first-order valence-corrected chi connectivity index (χ1v) is 6.53. The fourth-order valence-corrected chi connectivity index (χ4v) is 2.01. The summed E-state index contributed by atoms with van der Waals surface area (Å²) in [7, 11) is 3.97. The van der Waals surface area contributed by atoms with Crippen molar-refractivity contribution in [2.75, 3.05) is 26.7 Å². The van der Waals surface area contributed by atoms with Crippen LogP contribution in [0.3, 0.4) is 0 Å². The minimum atomic E-state index is -0.395. The zero-order valence-corrected chi connectivity index (χ0v) is 12.2. The lowest BCUT2D eigenvalue weighted by molar-refractivity contribution is -0.135. The molecule has 0 aliphatic carbocycles. The molecule has 0 rings (SSSR count). The van der Waals surface area contributed by atoms with Crippen LogP contribution in [0.2, 0.25) is 0 Å². The third kappa shape index (κ3) is 6.67. The molecule has 7 heteroatoms. The molecule has 104 valence electrons. The van der Waals surface area contributed by atoms with E-state index < -0.39 is 6.04 Å². The number of carbonyl (C=O) groups excluding carboxylic acids is 2. The van der Waals surface area contributed by atoms with Crippen molar-refractivity contribution >= 4 is 27.0 Å². The predicted octanol–water partition coefficient (Wildman–Crippen LogP) is -0.408. The van der Waals surface area contributed by atoms with Crippen LogP contribution in [-0.2, 0) is 9.59 Å². The molecule has 0 saturated carbocycles. The zero-order valence-electron chi connectivity index (χ0n) is 11.1. The average Bonchev–Trinajstić information content (AvgIpc) is 2.31. The van der Waals surface area contributed by atoms with Crippen LogP contribution in [0.25, 0.3) is 0 Å². The van der Waals surface area contributed by atoms with E-state index in [1.165, 1.54) is 13.3 Å². The van der Waals surface area contributed by atoms with Crippen molar-refractivity contribution in [1.29, 1.82) is 0 Å². The first-order chi connectivity index (χ1) is 8.54. The third-order valence-corrected chi connectivity index (χ3v) is 2.97. The van der Waals surface area contributed by atoms with Crippen molar-refractivity contribution in [1.82, 2.24) is 10.2 Å². The number of aliphatic imine (C=N–C) groups is 1. The highest BCUT2D eigenvalue weighted by Crippen LogP contribution is 2.12. The van der Waals surface area contributed by atoms with Gasteiger partial charge in [-0.1, -0.05) is 9.24 Å². The smallest absolute Gasteiger partial charge is 0.220 e. The van der Waals surface area contributed by atoms with Gasteiger partial charge in [0, 0.05) is 26.6 Å². The second-order valence-corrected chi connectivity index (χ2v) is 4.50. The quantitative estimate of drug-likeness (QED) is 0.259. The molecule has 0 radical (unpaired) electrons. The monoisotopic (exact) mass is 274 g/mol. The second-order valence-electron chi connectivity index (χ2n) is 3.93. The molecule has 0 heterocycles. The van der Waals surface area contributed by atoms with Crippen LogP contribution >= 0.6 is 9.24 Å². The maximum atomic E-state index is 11.6. The molecule has 0 aromatic carbocycles. The Kier molecular flexibility index (Phi) is 9.42.